The lowest BCUT2D eigenvalue weighted by atomic mass is 10.0. The van der Waals surface area contributed by atoms with E-state index in [1.165, 1.54) is 184 Å². The van der Waals surface area contributed by atoms with Gasteiger partial charge in [0.15, 0.2) is 0 Å². The van der Waals surface area contributed by atoms with Crippen LogP contribution in [-0.4, -0.2) is 18.1 Å². The minimum atomic E-state index is 0.953. The molecule has 0 unspecified atom stereocenters. The zero-order valence-corrected chi connectivity index (χ0v) is 29.3. The first-order valence-electron chi connectivity index (χ1n) is 19.2. The topological polar surface area (TPSA) is 16.1 Å². The number of nitrogens with zero attached hydrogens (tertiary/aromatic N) is 2. The van der Waals surface area contributed by atoms with E-state index >= 15 is 0 Å². The number of allylic oxidation sites excluding steroid dienone is 1. The standard InChI is InChI=1S/C42H70N2/c1-3-5-7-9-11-13-15-17-19-21-23-25-38-44(39-26-24-22-20-18-16-14-12-10-8-6-4-2)42-32-30-40(31-33-42)28-27-29-41-34-36-43-37-35-41/h27-28,30-37H,3-26,29,38-39H2,1-2H3. The van der Waals surface area contributed by atoms with Crippen molar-refractivity contribution in [3.8, 4) is 0 Å². The van der Waals surface area contributed by atoms with Crippen LogP contribution >= 0.6 is 0 Å². The molecule has 2 nitrogen and oxygen atoms in total. The number of anilines is 1. The number of hydrogen-bond acceptors (Lipinski definition) is 2. The van der Waals surface area contributed by atoms with Crippen LogP contribution in [0.25, 0.3) is 6.08 Å². The second kappa shape index (κ2) is 28.4. The Morgan fingerprint density at radius 3 is 1.27 bits per heavy atom. The summed E-state index contributed by atoms with van der Waals surface area (Å²) >= 11 is 0. The van der Waals surface area contributed by atoms with E-state index in [-0.39, 0.29) is 0 Å². The fraction of sp³-hybridized carbons (Fsp3) is 0.690. The van der Waals surface area contributed by atoms with Gasteiger partial charge in [0, 0.05) is 31.2 Å². The molecule has 0 bridgehead atoms. The summed E-state index contributed by atoms with van der Waals surface area (Å²) < 4.78 is 0. The van der Waals surface area contributed by atoms with E-state index in [0.29, 0.717) is 0 Å². The molecular weight excluding hydrogens is 532 g/mol. The number of pyridine rings is 1. The smallest absolute Gasteiger partial charge is 0.0366 e. The van der Waals surface area contributed by atoms with Gasteiger partial charge in [0.25, 0.3) is 0 Å². The Balaban J connectivity index is 1.68. The molecule has 2 heteroatoms. The van der Waals surface area contributed by atoms with Crippen molar-refractivity contribution in [3.63, 3.8) is 0 Å². The molecule has 0 aliphatic carbocycles. The van der Waals surface area contributed by atoms with Gasteiger partial charge in [-0.05, 0) is 54.7 Å². The average Bonchev–Trinajstić information content (AvgIpc) is 3.05. The van der Waals surface area contributed by atoms with Crippen molar-refractivity contribution in [2.45, 2.75) is 174 Å². The molecule has 0 spiro atoms. The summed E-state index contributed by atoms with van der Waals surface area (Å²) in [7, 11) is 0. The van der Waals surface area contributed by atoms with Crippen molar-refractivity contribution in [1.82, 2.24) is 4.98 Å². The Hall–Kier alpha value is -2.09. The molecule has 1 aromatic carbocycles. The van der Waals surface area contributed by atoms with Crippen LogP contribution in [0, 0.1) is 0 Å². The maximum Gasteiger partial charge on any atom is 0.0366 e. The van der Waals surface area contributed by atoms with Gasteiger partial charge in [0.2, 0.25) is 0 Å². The summed E-state index contributed by atoms with van der Waals surface area (Å²) in [5, 5.41) is 0. The Kier molecular flexibility index (Phi) is 24.6. The fourth-order valence-electron chi connectivity index (χ4n) is 6.30. The van der Waals surface area contributed by atoms with Crippen LogP contribution in [0.5, 0.6) is 0 Å². The van der Waals surface area contributed by atoms with Gasteiger partial charge >= 0.3 is 0 Å². The van der Waals surface area contributed by atoms with Gasteiger partial charge in [-0.25, -0.2) is 0 Å². The first-order valence-corrected chi connectivity index (χ1v) is 19.2. The van der Waals surface area contributed by atoms with Gasteiger partial charge in [0.1, 0.15) is 0 Å². The van der Waals surface area contributed by atoms with E-state index in [2.05, 4.69) is 72.3 Å². The van der Waals surface area contributed by atoms with Crippen molar-refractivity contribution in [2.24, 2.45) is 0 Å². The van der Waals surface area contributed by atoms with Gasteiger partial charge < -0.3 is 4.90 Å². The van der Waals surface area contributed by atoms with Gasteiger partial charge in [-0.15, -0.1) is 0 Å². The molecule has 1 aromatic heterocycles. The minimum absolute atomic E-state index is 0.953. The van der Waals surface area contributed by atoms with Crippen LogP contribution in [0.1, 0.15) is 179 Å². The van der Waals surface area contributed by atoms with Gasteiger partial charge in [-0.2, -0.15) is 0 Å². The number of aromatic nitrogens is 1. The molecule has 0 N–H and O–H groups in total. The molecule has 0 radical (unpaired) electrons. The minimum Gasteiger partial charge on any atom is -0.372 e. The number of unbranched alkanes of at least 4 members (excludes halogenated alkanes) is 22. The quantitative estimate of drug-likeness (QED) is 0.0827. The molecule has 0 saturated heterocycles. The Bertz CT molecular complexity index is 860. The Morgan fingerprint density at radius 2 is 0.864 bits per heavy atom. The molecule has 248 valence electrons. The lowest BCUT2D eigenvalue weighted by Gasteiger charge is -2.25. The molecule has 0 aliphatic heterocycles. The number of hydrogen-bond donors (Lipinski definition) is 0. The third-order valence-corrected chi connectivity index (χ3v) is 9.23. The molecule has 0 amide bonds. The largest absolute Gasteiger partial charge is 0.372 e. The zero-order valence-electron chi connectivity index (χ0n) is 29.3. The maximum atomic E-state index is 4.12. The highest BCUT2D eigenvalue weighted by atomic mass is 15.1. The predicted molar refractivity (Wildman–Crippen MR) is 198 cm³/mol. The van der Waals surface area contributed by atoms with Crippen LogP contribution < -0.4 is 4.90 Å². The number of benzene rings is 1. The number of rotatable bonds is 30. The summed E-state index contributed by atoms with van der Waals surface area (Å²) in [4.78, 5) is 6.80. The Morgan fingerprint density at radius 1 is 0.477 bits per heavy atom. The molecule has 2 rings (SSSR count). The van der Waals surface area contributed by atoms with Crippen molar-refractivity contribution in [1.29, 1.82) is 0 Å². The Labute approximate surface area is 274 Å². The van der Waals surface area contributed by atoms with Gasteiger partial charge in [-0.1, -0.05) is 179 Å². The fourth-order valence-corrected chi connectivity index (χ4v) is 6.30. The average molecular weight is 603 g/mol. The van der Waals surface area contributed by atoms with Crippen LogP contribution in [-0.2, 0) is 6.42 Å². The van der Waals surface area contributed by atoms with Crippen molar-refractivity contribution in [3.05, 3.63) is 66.0 Å². The first-order chi connectivity index (χ1) is 21.8. The molecule has 0 atom stereocenters. The highest BCUT2D eigenvalue weighted by Gasteiger charge is 2.07. The second-order valence-corrected chi connectivity index (χ2v) is 13.3. The zero-order chi connectivity index (χ0) is 31.2. The van der Waals surface area contributed by atoms with Crippen molar-refractivity contribution >= 4 is 11.8 Å². The molecular formula is C42H70N2. The van der Waals surface area contributed by atoms with Crippen molar-refractivity contribution < 1.29 is 0 Å². The predicted octanol–water partition coefficient (Wildman–Crippen LogP) is 13.5. The lowest BCUT2D eigenvalue weighted by molar-refractivity contribution is 0.535. The monoisotopic (exact) mass is 603 g/mol. The molecule has 2 aromatic rings. The van der Waals surface area contributed by atoms with E-state index in [4.69, 9.17) is 0 Å². The van der Waals surface area contributed by atoms with E-state index < -0.39 is 0 Å². The summed E-state index contributed by atoms with van der Waals surface area (Å²) in [5.74, 6) is 0. The highest BCUT2D eigenvalue weighted by molar-refractivity contribution is 5.56. The van der Waals surface area contributed by atoms with E-state index in [0.717, 1.165) is 6.42 Å². The lowest BCUT2D eigenvalue weighted by Crippen LogP contribution is -2.25. The van der Waals surface area contributed by atoms with Crippen LogP contribution in [0.3, 0.4) is 0 Å². The second-order valence-electron chi connectivity index (χ2n) is 13.3. The molecule has 0 aliphatic rings. The molecule has 0 fully saturated rings. The van der Waals surface area contributed by atoms with Crippen molar-refractivity contribution in [2.75, 3.05) is 18.0 Å². The normalized spacial score (nSPS) is 11.5. The molecule has 1 heterocycles. The summed E-state index contributed by atoms with van der Waals surface area (Å²) in [6.07, 6.45) is 43.2. The highest BCUT2D eigenvalue weighted by Crippen LogP contribution is 2.20. The SMILES string of the molecule is CCCCCCCCCCCCCCN(CCCCCCCCCCCCCC)c1ccc(C=CCc2ccncc2)cc1. The first kappa shape index (κ1) is 38.1. The summed E-state index contributed by atoms with van der Waals surface area (Å²) in [5.41, 5.74) is 4.00. The third-order valence-electron chi connectivity index (χ3n) is 9.23. The maximum absolute atomic E-state index is 4.12. The van der Waals surface area contributed by atoms with E-state index in [1.54, 1.807) is 0 Å². The third kappa shape index (κ3) is 20.8. The van der Waals surface area contributed by atoms with Crippen LogP contribution in [0.15, 0.2) is 54.9 Å². The van der Waals surface area contributed by atoms with E-state index in [1.807, 2.05) is 12.4 Å². The molecule has 44 heavy (non-hydrogen) atoms. The van der Waals surface area contributed by atoms with Crippen LogP contribution in [0.2, 0.25) is 0 Å². The summed E-state index contributed by atoms with van der Waals surface area (Å²) in [6, 6.07) is 13.5. The van der Waals surface area contributed by atoms with Crippen LogP contribution in [0.4, 0.5) is 5.69 Å². The van der Waals surface area contributed by atoms with E-state index in [9.17, 15) is 0 Å². The van der Waals surface area contributed by atoms with Gasteiger partial charge in [-0.3, -0.25) is 4.98 Å². The summed E-state index contributed by atoms with van der Waals surface area (Å²) in [6.45, 7) is 7.01. The van der Waals surface area contributed by atoms with Gasteiger partial charge in [0.05, 0.1) is 0 Å². The molecule has 0 saturated carbocycles.